The minimum absolute atomic E-state index is 0.137. The first-order valence-electron chi connectivity index (χ1n) is 6.48. The molecule has 2 fully saturated rings. The van der Waals surface area contributed by atoms with E-state index >= 15 is 0 Å². The third-order valence-corrected chi connectivity index (χ3v) is 4.04. The van der Waals surface area contributed by atoms with Crippen LogP contribution in [-0.2, 0) is 9.53 Å². The van der Waals surface area contributed by atoms with E-state index in [0.29, 0.717) is 13.0 Å². The Morgan fingerprint density at radius 1 is 1.37 bits per heavy atom. The fourth-order valence-corrected chi connectivity index (χ4v) is 2.86. The number of likely N-dealkylation sites (tertiary alicyclic amines) is 1. The number of ether oxygens (including phenoxy) is 1. The molecule has 3 atom stereocenters. The second kappa shape index (κ2) is 4.59. The molecule has 0 unspecified atom stereocenters. The molecule has 2 aliphatic rings. The van der Waals surface area contributed by atoms with Crippen molar-refractivity contribution in [1.82, 2.24) is 4.90 Å². The van der Waals surface area contributed by atoms with Gasteiger partial charge >= 0.3 is 0 Å². The van der Waals surface area contributed by atoms with Crippen LogP contribution in [0.4, 0.5) is 0 Å². The first-order valence-corrected chi connectivity index (χ1v) is 6.48. The van der Waals surface area contributed by atoms with Crippen molar-refractivity contribution in [3.63, 3.8) is 0 Å². The van der Waals surface area contributed by atoms with E-state index in [1.165, 1.54) is 0 Å². The van der Waals surface area contributed by atoms with E-state index in [1.54, 1.807) is 4.90 Å². The molecule has 2 saturated heterocycles. The number of fused-ring (bicyclic) bond motifs is 1. The van der Waals surface area contributed by atoms with Gasteiger partial charge < -0.3 is 19.8 Å². The molecule has 2 N–H and O–H groups in total. The minimum atomic E-state index is -1.04. The molecule has 2 aliphatic heterocycles. The molecule has 0 bridgehead atoms. The lowest BCUT2D eigenvalue weighted by molar-refractivity contribution is -0.143. The van der Waals surface area contributed by atoms with E-state index in [9.17, 15) is 15.0 Å². The number of hydrogen-bond acceptors (Lipinski definition) is 4. The number of carbonyl (C=O) groups is 1. The third kappa shape index (κ3) is 1.85. The average molecular weight is 263 g/mol. The monoisotopic (exact) mass is 263 g/mol. The number of epoxide rings is 1. The molecule has 0 radical (unpaired) electrons. The van der Waals surface area contributed by atoms with Gasteiger partial charge in [-0.05, 0) is 12.0 Å². The van der Waals surface area contributed by atoms with E-state index in [4.69, 9.17) is 4.74 Å². The average Bonchev–Trinajstić information content (AvgIpc) is 3.19. The van der Waals surface area contributed by atoms with E-state index < -0.39 is 5.60 Å². The minimum Gasteiger partial charge on any atom is -0.394 e. The third-order valence-electron chi connectivity index (χ3n) is 4.04. The Hall–Kier alpha value is -1.43. The SMILES string of the molecule is O=C1N([C@@H](CO)c2ccccc2)CC[C@@H]2O[C@]12CO. The predicted molar refractivity (Wildman–Crippen MR) is 67.3 cm³/mol. The van der Waals surface area contributed by atoms with E-state index in [0.717, 1.165) is 5.56 Å². The molecule has 5 nitrogen and oxygen atoms in total. The van der Waals surface area contributed by atoms with Gasteiger partial charge in [-0.2, -0.15) is 0 Å². The van der Waals surface area contributed by atoms with Gasteiger partial charge in [-0.25, -0.2) is 0 Å². The van der Waals surface area contributed by atoms with Gasteiger partial charge in [0.2, 0.25) is 0 Å². The molecule has 0 saturated carbocycles. The Balaban J connectivity index is 1.86. The van der Waals surface area contributed by atoms with Crippen molar-refractivity contribution in [2.75, 3.05) is 19.8 Å². The Morgan fingerprint density at radius 2 is 2.11 bits per heavy atom. The Kier molecular flexibility index (Phi) is 3.05. The molecule has 0 aromatic heterocycles. The maximum absolute atomic E-state index is 12.4. The Labute approximate surface area is 111 Å². The fourth-order valence-electron chi connectivity index (χ4n) is 2.86. The van der Waals surface area contributed by atoms with Gasteiger partial charge in [-0.3, -0.25) is 4.79 Å². The van der Waals surface area contributed by atoms with Gasteiger partial charge in [-0.15, -0.1) is 0 Å². The molecule has 5 heteroatoms. The van der Waals surface area contributed by atoms with Crippen LogP contribution in [0.5, 0.6) is 0 Å². The van der Waals surface area contributed by atoms with Crippen LogP contribution in [-0.4, -0.2) is 52.5 Å². The summed E-state index contributed by atoms with van der Waals surface area (Å²) in [5, 5.41) is 19.0. The zero-order chi connectivity index (χ0) is 13.5. The number of aliphatic hydroxyl groups is 2. The van der Waals surface area contributed by atoms with Crippen molar-refractivity contribution >= 4 is 5.91 Å². The van der Waals surface area contributed by atoms with Gasteiger partial charge in [0.1, 0.15) is 6.10 Å². The largest absolute Gasteiger partial charge is 0.394 e. The van der Waals surface area contributed by atoms with Gasteiger partial charge in [0.25, 0.3) is 5.91 Å². The topological polar surface area (TPSA) is 73.3 Å². The van der Waals surface area contributed by atoms with Crippen molar-refractivity contribution in [1.29, 1.82) is 0 Å². The summed E-state index contributed by atoms with van der Waals surface area (Å²) in [7, 11) is 0. The lowest BCUT2D eigenvalue weighted by Crippen LogP contribution is -2.51. The highest BCUT2D eigenvalue weighted by Gasteiger charge is 2.66. The summed E-state index contributed by atoms with van der Waals surface area (Å²) >= 11 is 0. The predicted octanol–water partition coefficient (Wildman–Crippen LogP) is 0.0822. The van der Waals surface area contributed by atoms with Crippen LogP contribution in [0.15, 0.2) is 30.3 Å². The summed E-state index contributed by atoms with van der Waals surface area (Å²) < 4.78 is 5.36. The van der Waals surface area contributed by atoms with Crippen LogP contribution in [0.3, 0.4) is 0 Å². The van der Waals surface area contributed by atoms with Crippen LogP contribution in [0.1, 0.15) is 18.0 Å². The van der Waals surface area contributed by atoms with Crippen molar-refractivity contribution in [3.05, 3.63) is 35.9 Å². The summed E-state index contributed by atoms with van der Waals surface area (Å²) in [6.45, 7) is 0.118. The van der Waals surface area contributed by atoms with Gasteiger partial charge in [0.15, 0.2) is 5.60 Å². The fraction of sp³-hybridized carbons (Fsp3) is 0.500. The number of carbonyl (C=O) groups excluding carboxylic acids is 1. The van der Waals surface area contributed by atoms with Crippen molar-refractivity contribution < 1.29 is 19.7 Å². The number of benzene rings is 1. The summed E-state index contributed by atoms with van der Waals surface area (Å²) in [5.74, 6) is -0.214. The summed E-state index contributed by atoms with van der Waals surface area (Å²) in [6, 6.07) is 9.06. The van der Waals surface area contributed by atoms with Crippen LogP contribution in [0, 0.1) is 0 Å². The highest BCUT2D eigenvalue weighted by Crippen LogP contribution is 2.45. The number of aliphatic hydroxyl groups excluding tert-OH is 2. The van der Waals surface area contributed by atoms with Gasteiger partial charge in [-0.1, -0.05) is 30.3 Å². The number of rotatable bonds is 4. The maximum atomic E-state index is 12.4. The first kappa shape index (κ1) is 12.6. The van der Waals surface area contributed by atoms with E-state index in [-0.39, 0.29) is 31.3 Å². The first-order chi connectivity index (χ1) is 9.23. The number of piperidine rings is 1. The normalized spacial score (nSPS) is 30.9. The molecular weight excluding hydrogens is 246 g/mol. The van der Waals surface area contributed by atoms with Crippen LogP contribution >= 0.6 is 0 Å². The van der Waals surface area contributed by atoms with Gasteiger partial charge in [0.05, 0.1) is 19.3 Å². The molecule has 0 aliphatic carbocycles. The Bertz CT molecular complexity index is 478. The van der Waals surface area contributed by atoms with Crippen molar-refractivity contribution in [3.8, 4) is 0 Å². The summed E-state index contributed by atoms with van der Waals surface area (Å²) in [5.41, 5.74) is -0.147. The van der Waals surface area contributed by atoms with Crippen LogP contribution in [0.2, 0.25) is 0 Å². The van der Waals surface area contributed by atoms with E-state index in [1.807, 2.05) is 30.3 Å². The molecule has 0 spiro atoms. The lowest BCUT2D eigenvalue weighted by Gasteiger charge is -2.35. The number of hydrogen-bond donors (Lipinski definition) is 2. The maximum Gasteiger partial charge on any atom is 0.260 e. The second-order valence-corrected chi connectivity index (χ2v) is 5.05. The second-order valence-electron chi connectivity index (χ2n) is 5.05. The summed E-state index contributed by atoms with van der Waals surface area (Å²) in [4.78, 5) is 14.0. The molecular formula is C14H17NO4. The number of amides is 1. The zero-order valence-electron chi connectivity index (χ0n) is 10.5. The molecule has 1 aromatic rings. The van der Waals surface area contributed by atoms with Gasteiger partial charge in [0, 0.05) is 6.54 Å². The van der Waals surface area contributed by atoms with E-state index in [2.05, 4.69) is 0 Å². The highest BCUT2D eigenvalue weighted by atomic mass is 16.6. The van der Waals surface area contributed by atoms with Crippen LogP contribution < -0.4 is 0 Å². The number of nitrogens with zero attached hydrogens (tertiary/aromatic N) is 1. The molecule has 1 aromatic carbocycles. The lowest BCUT2D eigenvalue weighted by atomic mass is 9.94. The van der Waals surface area contributed by atoms with Crippen LogP contribution in [0.25, 0.3) is 0 Å². The standard InChI is InChI=1S/C14H17NO4/c16-8-11(10-4-2-1-3-5-10)15-7-6-12-14(9-17,19-12)13(15)18/h1-5,11-12,16-17H,6-9H2/t11-,12-,14-/m0/s1. The zero-order valence-corrected chi connectivity index (χ0v) is 10.5. The highest BCUT2D eigenvalue weighted by molar-refractivity contribution is 5.90. The Morgan fingerprint density at radius 3 is 2.74 bits per heavy atom. The molecule has 2 heterocycles. The van der Waals surface area contributed by atoms with Crippen molar-refractivity contribution in [2.45, 2.75) is 24.2 Å². The van der Waals surface area contributed by atoms with Crippen molar-refractivity contribution in [2.24, 2.45) is 0 Å². The quantitative estimate of drug-likeness (QED) is 0.755. The molecule has 102 valence electrons. The molecule has 1 amide bonds. The molecule has 3 rings (SSSR count). The summed E-state index contributed by atoms with van der Waals surface area (Å²) in [6.07, 6.45) is 0.548. The molecule has 19 heavy (non-hydrogen) atoms. The smallest absolute Gasteiger partial charge is 0.260 e.